The fraction of sp³-hybridized carbons (Fsp3) is 0.654. The first-order valence-corrected chi connectivity index (χ1v) is 13.4. The van der Waals surface area contributed by atoms with Crippen LogP contribution in [0.3, 0.4) is 0 Å². The van der Waals surface area contributed by atoms with Crippen molar-refractivity contribution in [2.45, 2.75) is 90.5 Å². The molecule has 0 aliphatic heterocycles. The number of rotatable bonds is 11. The van der Waals surface area contributed by atoms with Crippen LogP contribution in [0.15, 0.2) is 12.3 Å². The monoisotopic (exact) mass is 539 g/mol. The smallest absolute Gasteiger partial charge is 0.387 e. The maximum atomic E-state index is 13.3. The highest BCUT2D eigenvalue weighted by Crippen LogP contribution is 2.39. The molecule has 3 N–H and O–H groups in total. The van der Waals surface area contributed by atoms with Crippen molar-refractivity contribution in [3.63, 3.8) is 0 Å². The molecule has 0 spiro atoms. The summed E-state index contributed by atoms with van der Waals surface area (Å²) < 4.78 is 33.0. The molecule has 2 aromatic rings. The molecule has 1 amide bonds. The van der Waals surface area contributed by atoms with E-state index < -0.39 is 18.1 Å². The number of amides is 1. The normalized spacial score (nSPS) is 22.6. The molecule has 2 heterocycles. The van der Waals surface area contributed by atoms with Crippen LogP contribution in [0.5, 0.6) is 5.75 Å². The van der Waals surface area contributed by atoms with Gasteiger partial charge in [-0.2, -0.15) is 13.9 Å². The third-order valence-corrected chi connectivity index (χ3v) is 7.67. The Labute approximate surface area is 221 Å². The van der Waals surface area contributed by atoms with Crippen molar-refractivity contribution < 1.29 is 23.4 Å². The van der Waals surface area contributed by atoms with Crippen molar-refractivity contribution >= 4 is 23.3 Å². The zero-order chi connectivity index (χ0) is 26.7. The van der Waals surface area contributed by atoms with Gasteiger partial charge in [0.1, 0.15) is 11.6 Å². The van der Waals surface area contributed by atoms with Crippen molar-refractivity contribution in [2.75, 3.05) is 11.9 Å². The van der Waals surface area contributed by atoms with Gasteiger partial charge in [0, 0.05) is 31.4 Å². The van der Waals surface area contributed by atoms with Gasteiger partial charge in [-0.1, -0.05) is 31.4 Å². The van der Waals surface area contributed by atoms with E-state index in [4.69, 9.17) is 16.3 Å². The van der Waals surface area contributed by atoms with Crippen molar-refractivity contribution in [3.05, 3.63) is 23.0 Å². The van der Waals surface area contributed by atoms with Gasteiger partial charge < -0.3 is 20.5 Å². The summed E-state index contributed by atoms with van der Waals surface area (Å²) in [5, 5.41) is 21.2. The molecule has 1 atom stereocenters. The van der Waals surface area contributed by atoms with Gasteiger partial charge in [0.2, 0.25) is 0 Å². The van der Waals surface area contributed by atoms with Crippen molar-refractivity contribution in [1.29, 1.82) is 0 Å². The van der Waals surface area contributed by atoms with E-state index in [0.717, 1.165) is 19.3 Å². The summed E-state index contributed by atoms with van der Waals surface area (Å²) in [6.07, 6.45) is 7.82. The van der Waals surface area contributed by atoms with Gasteiger partial charge in [0.15, 0.2) is 5.69 Å². The first-order chi connectivity index (χ1) is 17.6. The molecule has 0 radical (unpaired) electrons. The van der Waals surface area contributed by atoms with Gasteiger partial charge in [-0.05, 0) is 57.8 Å². The lowest BCUT2D eigenvalue weighted by Crippen LogP contribution is -2.45. The summed E-state index contributed by atoms with van der Waals surface area (Å²) >= 11 is 6.62. The minimum atomic E-state index is -3.06. The number of pyridine rings is 1. The molecule has 2 aromatic heterocycles. The molecule has 2 aliphatic carbocycles. The van der Waals surface area contributed by atoms with Crippen molar-refractivity contribution in [1.82, 2.24) is 20.1 Å². The number of aliphatic hydroxyl groups is 1. The number of carbonyl (C=O) groups excluding carboxylic acids is 1. The predicted molar refractivity (Wildman–Crippen MR) is 138 cm³/mol. The average molecular weight is 540 g/mol. The van der Waals surface area contributed by atoms with E-state index in [1.807, 2.05) is 6.92 Å². The van der Waals surface area contributed by atoms with Crippen LogP contribution in [-0.4, -0.2) is 50.6 Å². The zero-order valence-electron chi connectivity index (χ0n) is 21.6. The largest absolute Gasteiger partial charge is 0.434 e. The number of aryl methyl sites for hydroxylation is 1. The number of anilines is 1. The summed E-state index contributed by atoms with van der Waals surface area (Å²) in [6.45, 7) is 3.34. The van der Waals surface area contributed by atoms with E-state index in [1.54, 1.807) is 6.92 Å². The number of ether oxygens (including phenoxy) is 1. The lowest BCUT2D eigenvalue weighted by atomic mass is 9.79. The Morgan fingerprint density at radius 1 is 1.32 bits per heavy atom. The fourth-order valence-electron chi connectivity index (χ4n) is 4.93. The second kappa shape index (κ2) is 11.5. The summed E-state index contributed by atoms with van der Waals surface area (Å²) in [5.74, 6) is 1.01. The molecule has 2 fully saturated rings. The number of halogens is 3. The molecular weight excluding hydrogens is 504 g/mol. The molecule has 8 nitrogen and oxygen atoms in total. The average Bonchev–Trinajstić information content (AvgIpc) is 3.60. The number of aromatic nitrogens is 3. The van der Waals surface area contributed by atoms with Gasteiger partial charge in [-0.15, -0.1) is 0 Å². The van der Waals surface area contributed by atoms with Gasteiger partial charge in [0.05, 0.1) is 21.9 Å². The first-order valence-electron chi connectivity index (χ1n) is 13.1. The van der Waals surface area contributed by atoms with E-state index in [9.17, 15) is 18.7 Å². The van der Waals surface area contributed by atoms with Crippen LogP contribution >= 0.6 is 11.6 Å². The molecular formula is C26H36ClF2N5O3. The van der Waals surface area contributed by atoms with Crippen LogP contribution < -0.4 is 15.4 Å². The Hall–Kier alpha value is -2.46. The molecule has 204 valence electrons. The highest BCUT2D eigenvalue weighted by molar-refractivity contribution is 6.36. The minimum absolute atomic E-state index is 0.00679. The molecule has 0 bridgehead atoms. The van der Waals surface area contributed by atoms with Crippen LogP contribution in [-0.2, 0) is 6.54 Å². The number of nitrogens with one attached hydrogen (secondary N) is 2. The SMILES string of the molecule is CCn1nc(C(=O)NCC2(O)CCC(C)CC2)c(Cl)c1-c1cnc(N[C@@H](C)CC2CC2)cc1OC(F)F. The van der Waals surface area contributed by atoms with Gasteiger partial charge in [-0.3, -0.25) is 9.48 Å². The van der Waals surface area contributed by atoms with Crippen LogP contribution in [0.2, 0.25) is 5.02 Å². The molecule has 2 saturated carbocycles. The quantitative estimate of drug-likeness (QED) is 0.349. The second-order valence-electron chi connectivity index (χ2n) is 10.6. The third-order valence-electron chi connectivity index (χ3n) is 7.31. The van der Waals surface area contributed by atoms with Crippen molar-refractivity contribution in [3.8, 4) is 17.0 Å². The van der Waals surface area contributed by atoms with E-state index in [-0.39, 0.29) is 40.3 Å². The van der Waals surface area contributed by atoms with Gasteiger partial charge in [0.25, 0.3) is 5.91 Å². The Bertz CT molecular complexity index is 1100. The first kappa shape index (κ1) is 27.6. The summed E-state index contributed by atoms with van der Waals surface area (Å²) in [4.78, 5) is 17.4. The summed E-state index contributed by atoms with van der Waals surface area (Å²) in [6, 6.07) is 1.56. The number of hydrogen-bond donors (Lipinski definition) is 3. The summed E-state index contributed by atoms with van der Waals surface area (Å²) in [7, 11) is 0. The zero-order valence-corrected chi connectivity index (χ0v) is 22.3. The Kier molecular flexibility index (Phi) is 8.58. The van der Waals surface area contributed by atoms with Crippen LogP contribution in [0, 0.1) is 11.8 Å². The number of alkyl halides is 2. The van der Waals surface area contributed by atoms with Crippen LogP contribution in [0.25, 0.3) is 11.3 Å². The maximum Gasteiger partial charge on any atom is 0.387 e. The van der Waals surface area contributed by atoms with Crippen LogP contribution in [0.1, 0.15) is 76.2 Å². The topological polar surface area (TPSA) is 101 Å². The standard InChI is InChI=1S/C26H36ClF2N5O3/c1-4-34-23(21(27)22(33-34)24(35)31-14-26(36)9-7-15(2)8-10-26)18-13-30-20(12-19(18)37-25(28)29)32-16(3)11-17-5-6-17/h12-13,15-17,25,36H,4-11,14H2,1-3H3,(H,30,32)(H,31,35)/t15?,16-,26?/m0/s1. The van der Waals surface area contributed by atoms with E-state index in [2.05, 4.69) is 27.6 Å². The summed E-state index contributed by atoms with van der Waals surface area (Å²) in [5.41, 5.74) is -0.541. The molecule has 0 saturated heterocycles. The molecule has 11 heteroatoms. The molecule has 4 rings (SSSR count). The molecule has 0 aromatic carbocycles. The van der Waals surface area contributed by atoms with Gasteiger partial charge >= 0.3 is 6.61 Å². The van der Waals surface area contributed by atoms with Crippen LogP contribution in [0.4, 0.5) is 14.6 Å². The Morgan fingerprint density at radius 3 is 2.65 bits per heavy atom. The molecule has 37 heavy (non-hydrogen) atoms. The van der Waals surface area contributed by atoms with Gasteiger partial charge in [-0.25, -0.2) is 4.98 Å². The Balaban J connectivity index is 1.57. The van der Waals surface area contributed by atoms with E-state index in [1.165, 1.54) is 29.8 Å². The fourth-order valence-corrected chi connectivity index (χ4v) is 5.25. The predicted octanol–water partition coefficient (Wildman–Crippen LogP) is 5.49. The third kappa shape index (κ3) is 6.90. The molecule has 0 unspecified atom stereocenters. The Morgan fingerprint density at radius 2 is 2.03 bits per heavy atom. The number of carbonyl (C=O) groups is 1. The lowest BCUT2D eigenvalue weighted by molar-refractivity contribution is -0.0494. The van der Waals surface area contributed by atoms with E-state index in [0.29, 0.717) is 37.0 Å². The highest BCUT2D eigenvalue weighted by Gasteiger charge is 2.33. The maximum absolute atomic E-state index is 13.3. The highest BCUT2D eigenvalue weighted by atomic mass is 35.5. The van der Waals surface area contributed by atoms with Crippen molar-refractivity contribution in [2.24, 2.45) is 11.8 Å². The number of nitrogens with zero attached hydrogens (tertiary/aromatic N) is 3. The van der Waals surface area contributed by atoms with E-state index >= 15 is 0 Å². The minimum Gasteiger partial charge on any atom is -0.434 e. The number of hydrogen-bond acceptors (Lipinski definition) is 6. The molecule has 2 aliphatic rings. The second-order valence-corrected chi connectivity index (χ2v) is 11.0. The lowest BCUT2D eigenvalue weighted by Gasteiger charge is -2.34.